The number of benzene rings is 1. The van der Waals surface area contributed by atoms with Crippen molar-refractivity contribution in [3.8, 4) is 0 Å². The van der Waals surface area contributed by atoms with Gasteiger partial charge in [-0.2, -0.15) is 0 Å². The summed E-state index contributed by atoms with van der Waals surface area (Å²) in [6.07, 6.45) is 2.21. The van der Waals surface area contributed by atoms with E-state index >= 15 is 0 Å². The molecule has 0 radical (unpaired) electrons. The Bertz CT molecular complexity index is 419. The van der Waals surface area contributed by atoms with Gasteiger partial charge in [-0.1, -0.05) is 37.3 Å². The lowest BCUT2D eigenvalue weighted by Crippen LogP contribution is -2.03. The summed E-state index contributed by atoms with van der Waals surface area (Å²) in [5.74, 6) is 0. The average molecular weight is 231 g/mol. The molecular weight excluding hydrogens is 214 g/mol. The van der Waals surface area contributed by atoms with Crippen LogP contribution in [-0.4, -0.2) is 6.54 Å². The normalized spacial score (nSPS) is 10.3. The number of hydrogen-bond acceptors (Lipinski definition) is 2. The Morgan fingerprint density at radius 3 is 2.69 bits per heavy atom. The summed E-state index contributed by atoms with van der Waals surface area (Å²) in [4.78, 5) is 1.45. The monoisotopic (exact) mass is 231 g/mol. The Labute approximate surface area is 101 Å². The van der Waals surface area contributed by atoms with E-state index in [0.29, 0.717) is 0 Å². The molecule has 1 aromatic heterocycles. The van der Waals surface area contributed by atoms with Crippen molar-refractivity contribution < 1.29 is 0 Å². The summed E-state index contributed by atoms with van der Waals surface area (Å²) in [6, 6.07) is 12.8. The van der Waals surface area contributed by atoms with Crippen LogP contribution in [0.2, 0.25) is 0 Å². The Hall–Kier alpha value is -1.28. The standard InChI is InChI=1S/C14H17NS/c1-2-14-10-13(11-16-14)15-9-8-12-6-4-3-5-7-12/h3-7,10-11,15H,2,8-9H2,1H3. The van der Waals surface area contributed by atoms with E-state index < -0.39 is 0 Å². The lowest BCUT2D eigenvalue weighted by Gasteiger charge is -2.03. The molecule has 0 atom stereocenters. The number of anilines is 1. The second-order valence-electron chi connectivity index (χ2n) is 3.82. The fraction of sp³-hybridized carbons (Fsp3) is 0.286. The van der Waals surface area contributed by atoms with E-state index in [0.717, 1.165) is 19.4 Å². The minimum absolute atomic E-state index is 1.00. The van der Waals surface area contributed by atoms with Gasteiger partial charge in [0.25, 0.3) is 0 Å². The predicted octanol–water partition coefficient (Wildman–Crippen LogP) is 3.97. The maximum Gasteiger partial charge on any atom is 0.0451 e. The van der Waals surface area contributed by atoms with Crippen LogP contribution in [0, 0.1) is 0 Å². The van der Waals surface area contributed by atoms with E-state index in [1.54, 1.807) is 0 Å². The molecule has 0 aliphatic carbocycles. The molecule has 0 spiro atoms. The molecule has 0 aliphatic rings. The van der Waals surface area contributed by atoms with Crippen molar-refractivity contribution in [2.45, 2.75) is 19.8 Å². The topological polar surface area (TPSA) is 12.0 Å². The van der Waals surface area contributed by atoms with E-state index in [2.05, 4.69) is 54.0 Å². The minimum Gasteiger partial charge on any atom is -0.384 e. The quantitative estimate of drug-likeness (QED) is 0.821. The van der Waals surface area contributed by atoms with Crippen molar-refractivity contribution in [3.63, 3.8) is 0 Å². The zero-order valence-electron chi connectivity index (χ0n) is 9.57. The maximum absolute atomic E-state index is 3.46. The third kappa shape index (κ3) is 3.11. The summed E-state index contributed by atoms with van der Waals surface area (Å²) in [6.45, 7) is 3.20. The molecule has 1 N–H and O–H groups in total. The van der Waals surface area contributed by atoms with Gasteiger partial charge in [-0.05, 0) is 24.5 Å². The van der Waals surface area contributed by atoms with Crippen LogP contribution in [-0.2, 0) is 12.8 Å². The highest BCUT2D eigenvalue weighted by molar-refractivity contribution is 7.10. The van der Waals surface area contributed by atoms with Gasteiger partial charge in [0.15, 0.2) is 0 Å². The molecule has 1 heterocycles. The summed E-state index contributed by atoms with van der Waals surface area (Å²) < 4.78 is 0. The van der Waals surface area contributed by atoms with Crippen LogP contribution in [0.3, 0.4) is 0 Å². The Balaban J connectivity index is 1.80. The minimum atomic E-state index is 1.00. The third-order valence-corrected chi connectivity index (χ3v) is 3.67. The molecule has 2 aromatic rings. The number of rotatable bonds is 5. The van der Waals surface area contributed by atoms with Crippen molar-refractivity contribution in [2.24, 2.45) is 0 Å². The summed E-state index contributed by atoms with van der Waals surface area (Å²) in [5.41, 5.74) is 2.65. The van der Waals surface area contributed by atoms with Gasteiger partial charge < -0.3 is 5.32 Å². The van der Waals surface area contributed by atoms with Crippen molar-refractivity contribution >= 4 is 17.0 Å². The third-order valence-electron chi connectivity index (χ3n) is 2.59. The highest BCUT2D eigenvalue weighted by Crippen LogP contribution is 2.19. The van der Waals surface area contributed by atoms with Crippen LogP contribution < -0.4 is 5.32 Å². The first-order valence-corrected chi connectivity index (χ1v) is 6.61. The van der Waals surface area contributed by atoms with E-state index in [-0.39, 0.29) is 0 Å². The van der Waals surface area contributed by atoms with Crippen molar-refractivity contribution in [3.05, 3.63) is 52.2 Å². The van der Waals surface area contributed by atoms with Crippen LogP contribution >= 0.6 is 11.3 Å². The Morgan fingerprint density at radius 1 is 1.19 bits per heavy atom. The van der Waals surface area contributed by atoms with Gasteiger partial charge in [0.05, 0.1) is 0 Å². The molecule has 0 fully saturated rings. The zero-order chi connectivity index (χ0) is 11.2. The molecule has 1 aromatic carbocycles. The summed E-state index contributed by atoms with van der Waals surface area (Å²) >= 11 is 1.83. The van der Waals surface area contributed by atoms with Gasteiger partial charge in [-0.15, -0.1) is 11.3 Å². The SMILES string of the molecule is CCc1cc(NCCc2ccccc2)cs1. The Kier molecular flexibility index (Phi) is 4.00. The van der Waals surface area contributed by atoms with Gasteiger partial charge in [0, 0.05) is 22.5 Å². The lowest BCUT2D eigenvalue weighted by molar-refractivity contribution is 1.02. The van der Waals surface area contributed by atoms with Crippen LogP contribution in [0.5, 0.6) is 0 Å². The molecule has 0 bridgehead atoms. The van der Waals surface area contributed by atoms with Gasteiger partial charge >= 0.3 is 0 Å². The molecular formula is C14H17NS. The number of aryl methyl sites for hydroxylation is 1. The van der Waals surface area contributed by atoms with E-state index in [4.69, 9.17) is 0 Å². The van der Waals surface area contributed by atoms with Crippen LogP contribution in [0.25, 0.3) is 0 Å². The van der Waals surface area contributed by atoms with Crippen LogP contribution in [0.4, 0.5) is 5.69 Å². The molecule has 2 heteroatoms. The second kappa shape index (κ2) is 5.71. The first kappa shape index (κ1) is 11.2. The largest absolute Gasteiger partial charge is 0.384 e. The summed E-state index contributed by atoms with van der Waals surface area (Å²) in [7, 11) is 0. The van der Waals surface area contributed by atoms with E-state index in [9.17, 15) is 0 Å². The van der Waals surface area contributed by atoms with Crippen molar-refractivity contribution in [1.29, 1.82) is 0 Å². The first-order valence-electron chi connectivity index (χ1n) is 5.73. The number of thiophene rings is 1. The molecule has 84 valence electrons. The molecule has 0 aliphatic heterocycles. The summed E-state index contributed by atoms with van der Waals surface area (Å²) in [5, 5.41) is 5.66. The van der Waals surface area contributed by atoms with Gasteiger partial charge in [-0.25, -0.2) is 0 Å². The average Bonchev–Trinajstić information content (AvgIpc) is 2.78. The number of hydrogen-bond donors (Lipinski definition) is 1. The van der Waals surface area contributed by atoms with Gasteiger partial charge in [0.1, 0.15) is 0 Å². The molecule has 0 saturated heterocycles. The zero-order valence-corrected chi connectivity index (χ0v) is 10.4. The van der Waals surface area contributed by atoms with Crippen LogP contribution in [0.1, 0.15) is 17.4 Å². The maximum atomic E-state index is 3.46. The molecule has 0 amide bonds. The number of nitrogens with one attached hydrogen (secondary N) is 1. The highest BCUT2D eigenvalue weighted by Gasteiger charge is 1.97. The fourth-order valence-corrected chi connectivity index (χ4v) is 2.45. The van der Waals surface area contributed by atoms with E-state index in [1.807, 2.05) is 11.3 Å². The molecule has 1 nitrogen and oxygen atoms in total. The predicted molar refractivity (Wildman–Crippen MR) is 72.3 cm³/mol. The van der Waals surface area contributed by atoms with Crippen molar-refractivity contribution in [1.82, 2.24) is 0 Å². The second-order valence-corrected chi connectivity index (χ2v) is 4.81. The highest BCUT2D eigenvalue weighted by atomic mass is 32.1. The first-order chi connectivity index (χ1) is 7.88. The smallest absolute Gasteiger partial charge is 0.0451 e. The fourth-order valence-electron chi connectivity index (χ4n) is 1.65. The van der Waals surface area contributed by atoms with E-state index in [1.165, 1.54) is 16.1 Å². The van der Waals surface area contributed by atoms with Gasteiger partial charge in [0.2, 0.25) is 0 Å². The van der Waals surface area contributed by atoms with Crippen LogP contribution in [0.15, 0.2) is 41.8 Å². The Morgan fingerprint density at radius 2 is 2.00 bits per heavy atom. The van der Waals surface area contributed by atoms with Gasteiger partial charge in [-0.3, -0.25) is 0 Å². The molecule has 16 heavy (non-hydrogen) atoms. The lowest BCUT2D eigenvalue weighted by atomic mass is 10.1. The molecule has 0 saturated carbocycles. The molecule has 0 unspecified atom stereocenters. The molecule has 2 rings (SSSR count). The van der Waals surface area contributed by atoms with Crippen molar-refractivity contribution in [2.75, 3.05) is 11.9 Å².